The van der Waals surface area contributed by atoms with Gasteiger partial charge in [-0.1, -0.05) is 25.4 Å². The van der Waals surface area contributed by atoms with Gasteiger partial charge in [0.2, 0.25) is 5.91 Å². The van der Waals surface area contributed by atoms with Crippen molar-refractivity contribution in [2.24, 2.45) is 5.92 Å². The van der Waals surface area contributed by atoms with Gasteiger partial charge in [-0.2, -0.15) is 0 Å². The van der Waals surface area contributed by atoms with Crippen LogP contribution in [0.25, 0.3) is 0 Å². The van der Waals surface area contributed by atoms with Crippen LogP contribution in [0.3, 0.4) is 0 Å². The summed E-state index contributed by atoms with van der Waals surface area (Å²) in [6.07, 6.45) is -0.195. The maximum Gasteiger partial charge on any atom is 0.246 e. The van der Waals surface area contributed by atoms with Crippen LogP contribution >= 0.6 is 27.5 Å². The van der Waals surface area contributed by atoms with Crippen molar-refractivity contribution in [2.75, 3.05) is 6.61 Å². The van der Waals surface area contributed by atoms with E-state index in [1.807, 2.05) is 19.9 Å². The normalized spacial score (nSPS) is 24.2. The molecule has 1 saturated heterocycles. The number of morpholine rings is 1. The van der Waals surface area contributed by atoms with Crippen LogP contribution < -0.4 is 5.32 Å². The smallest absolute Gasteiger partial charge is 0.246 e. The summed E-state index contributed by atoms with van der Waals surface area (Å²) in [6, 6.07) is 3.57. The van der Waals surface area contributed by atoms with Gasteiger partial charge in [0.1, 0.15) is 22.5 Å². The van der Waals surface area contributed by atoms with E-state index in [-0.39, 0.29) is 30.6 Å². The van der Waals surface area contributed by atoms with Crippen molar-refractivity contribution >= 4 is 33.4 Å². The molecule has 1 amide bonds. The summed E-state index contributed by atoms with van der Waals surface area (Å²) in [5, 5.41) is 3.37. The van der Waals surface area contributed by atoms with Gasteiger partial charge in [0.15, 0.2) is 0 Å². The second kappa shape index (κ2) is 5.55. The lowest BCUT2D eigenvalue weighted by Crippen LogP contribution is -2.50. The Labute approximate surface area is 119 Å². The number of aromatic nitrogens is 1. The van der Waals surface area contributed by atoms with Crippen LogP contribution in [0.4, 0.5) is 0 Å². The van der Waals surface area contributed by atoms with Gasteiger partial charge in [0, 0.05) is 0 Å². The van der Waals surface area contributed by atoms with Crippen LogP contribution in [-0.2, 0) is 9.53 Å². The lowest BCUT2D eigenvalue weighted by Gasteiger charge is -2.35. The molecule has 2 atom stereocenters. The molecule has 1 aromatic heterocycles. The number of pyridine rings is 1. The highest BCUT2D eigenvalue weighted by molar-refractivity contribution is 9.10. The number of hydrogen-bond donors (Lipinski definition) is 1. The van der Waals surface area contributed by atoms with Crippen LogP contribution in [0.1, 0.15) is 25.5 Å². The summed E-state index contributed by atoms with van der Waals surface area (Å²) in [4.78, 5) is 15.5. The zero-order chi connectivity index (χ0) is 13.3. The van der Waals surface area contributed by atoms with Gasteiger partial charge in [-0.25, -0.2) is 4.98 Å². The highest BCUT2D eigenvalue weighted by atomic mass is 79.9. The number of nitrogens with zero attached hydrogens (tertiary/aromatic N) is 1. The highest BCUT2D eigenvalue weighted by Crippen LogP contribution is 2.30. The van der Waals surface area contributed by atoms with Gasteiger partial charge in [0.05, 0.1) is 6.04 Å². The summed E-state index contributed by atoms with van der Waals surface area (Å²) >= 11 is 9.25. The van der Waals surface area contributed by atoms with Gasteiger partial charge < -0.3 is 10.1 Å². The first-order valence-electron chi connectivity index (χ1n) is 5.71. The molecule has 2 rings (SSSR count). The number of rotatable bonds is 2. The molecule has 2 heterocycles. The zero-order valence-corrected chi connectivity index (χ0v) is 12.5. The second-order valence-electron chi connectivity index (χ2n) is 4.61. The summed E-state index contributed by atoms with van der Waals surface area (Å²) in [6.45, 7) is 4.17. The van der Waals surface area contributed by atoms with Crippen molar-refractivity contribution in [3.63, 3.8) is 0 Å². The van der Waals surface area contributed by atoms with E-state index >= 15 is 0 Å². The van der Waals surface area contributed by atoms with E-state index in [1.54, 1.807) is 6.07 Å². The van der Waals surface area contributed by atoms with Crippen LogP contribution in [0.15, 0.2) is 16.7 Å². The monoisotopic (exact) mass is 332 g/mol. The number of carbonyl (C=O) groups is 1. The molecule has 98 valence electrons. The van der Waals surface area contributed by atoms with E-state index in [0.717, 1.165) is 5.56 Å². The third kappa shape index (κ3) is 3.02. The standard InChI is InChI=1S/C12H14BrClN2O2/c1-6(2)11-12(18-5-10(17)16-11)7-3-8(13)15-9(14)4-7/h3-4,6,11-12H,5H2,1-2H3,(H,16,17)/t11-,12+/m0/s1. The summed E-state index contributed by atoms with van der Waals surface area (Å²) in [5.74, 6) is 0.189. The molecule has 0 spiro atoms. The van der Waals surface area contributed by atoms with Crippen LogP contribution in [0.5, 0.6) is 0 Å². The van der Waals surface area contributed by atoms with Gasteiger partial charge in [-0.05, 0) is 39.5 Å². The zero-order valence-electron chi connectivity index (χ0n) is 10.1. The Morgan fingerprint density at radius 3 is 2.89 bits per heavy atom. The quantitative estimate of drug-likeness (QED) is 0.847. The number of hydrogen-bond acceptors (Lipinski definition) is 3. The molecule has 6 heteroatoms. The minimum absolute atomic E-state index is 0.0587. The first-order chi connectivity index (χ1) is 8.47. The fourth-order valence-corrected chi connectivity index (χ4v) is 2.81. The van der Waals surface area contributed by atoms with Gasteiger partial charge in [-0.3, -0.25) is 4.79 Å². The molecule has 4 nitrogen and oxygen atoms in total. The SMILES string of the molecule is CC(C)[C@@H]1NC(=O)CO[C@@H]1c1cc(Cl)nc(Br)c1. The van der Waals surface area contributed by atoms with Crippen molar-refractivity contribution in [1.29, 1.82) is 0 Å². The number of nitrogens with one attached hydrogen (secondary N) is 1. The molecule has 0 aliphatic carbocycles. The Bertz CT molecular complexity index is 447. The van der Waals surface area contributed by atoms with E-state index in [4.69, 9.17) is 16.3 Å². The van der Waals surface area contributed by atoms with Crippen molar-refractivity contribution in [1.82, 2.24) is 10.3 Å². The topological polar surface area (TPSA) is 51.2 Å². The first-order valence-corrected chi connectivity index (χ1v) is 6.88. The molecule has 0 aromatic carbocycles. The molecule has 1 aliphatic heterocycles. The average Bonchev–Trinajstić information content (AvgIpc) is 2.27. The van der Waals surface area contributed by atoms with E-state index in [2.05, 4.69) is 26.2 Å². The lowest BCUT2D eigenvalue weighted by molar-refractivity contribution is -0.138. The van der Waals surface area contributed by atoms with Crippen molar-refractivity contribution in [3.8, 4) is 0 Å². The van der Waals surface area contributed by atoms with E-state index in [0.29, 0.717) is 9.76 Å². The molecule has 18 heavy (non-hydrogen) atoms. The number of amides is 1. The number of carbonyl (C=O) groups excluding carboxylic acids is 1. The van der Waals surface area contributed by atoms with Crippen molar-refractivity contribution in [2.45, 2.75) is 26.0 Å². The molecule has 0 radical (unpaired) electrons. The molecule has 1 aromatic rings. The summed E-state index contributed by atoms with van der Waals surface area (Å²) < 4.78 is 6.30. The van der Waals surface area contributed by atoms with E-state index < -0.39 is 0 Å². The molecular formula is C12H14BrClN2O2. The molecule has 0 bridgehead atoms. The lowest BCUT2D eigenvalue weighted by atomic mass is 9.92. The average molecular weight is 334 g/mol. The maximum atomic E-state index is 11.4. The van der Waals surface area contributed by atoms with Gasteiger partial charge >= 0.3 is 0 Å². The van der Waals surface area contributed by atoms with E-state index in [1.165, 1.54) is 0 Å². The molecule has 1 fully saturated rings. The Morgan fingerprint density at radius 2 is 2.28 bits per heavy atom. The largest absolute Gasteiger partial charge is 0.362 e. The van der Waals surface area contributed by atoms with E-state index in [9.17, 15) is 4.79 Å². The first kappa shape index (κ1) is 13.8. The minimum atomic E-state index is -0.195. The molecule has 0 unspecified atom stereocenters. The minimum Gasteiger partial charge on any atom is -0.362 e. The fourth-order valence-electron chi connectivity index (χ4n) is 2.04. The third-order valence-corrected chi connectivity index (χ3v) is 3.48. The van der Waals surface area contributed by atoms with Gasteiger partial charge in [0.25, 0.3) is 0 Å². The third-order valence-electron chi connectivity index (χ3n) is 2.88. The van der Waals surface area contributed by atoms with Crippen LogP contribution in [0, 0.1) is 5.92 Å². The molecule has 0 saturated carbocycles. The van der Waals surface area contributed by atoms with Crippen molar-refractivity contribution in [3.05, 3.63) is 27.5 Å². The second-order valence-corrected chi connectivity index (χ2v) is 5.81. The number of ether oxygens (including phenoxy) is 1. The maximum absolute atomic E-state index is 11.4. The van der Waals surface area contributed by atoms with Gasteiger partial charge in [-0.15, -0.1) is 0 Å². The van der Waals surface area contributed by atoms with Crippen LogP contribution in [-0.4, -0.2) is 23.5 Å². The summed E-state index contributed by atoms with van der Waals surface area (Å²) in [7, 11) is 0. The summed E-state index contributed by atoms with van der Waals surface area (Å²) in [5.41, 5.74) is 0.917. The predicted molar refractivity (Wildman–Crippen MR) is 72.4 cm³/mol. The molecule has 1 N–H and O–H groups in total. The Morgan fingerprint density at radius 1 is 1.56 bits per heavy atom. The number of halogens is 2. The Kier molecular flexibility index (Phi) is 4.25. The van der Waals surface area contributed by atoms with Crippen molar-refractivity contribution < 1.29 is 9.53 Å². The fraction of sp³-hybridized carbons (Fsp3) is 0.500. The Balaban J connectivity index is 2.32. The van der Waals surface area contributed by atoms with Crippen LogP contribution in [0.2, 0.25) is 5.15 Å². The molecule has 1 aliphatic rings. The highest BCUT2D eigenvalue weighted by Gasteiger charge is 2.33. The predicted octanol–water partition coefficient (Wildman–Crippen LogP) is 2.71. The Hall–Kier alpha value is -0.650. The molecular weight excluding hydrogens is 320 g/mol.